The normalized spacial score (nSPS) is 13.4. The first kappa shape index (κ1) is 25.7. The first-order valence-electron chi connectivity index (χ1n) is 10.6. The lowest BCUT2D eigenvalue weighted by Gasteiger charge is -2.26. The van der Waals surface area contributed by atoms with Crippen LogP contribution in [-0.4, -0.2) is 81.8 Å². The van der Waals surface area contributed by atoms with Gasteiger partial charge in [0.15, 0.2) is 0 Å². The van der Waals surface area contributed by atoms with Crippen molar-refractivity contribution in [1.82, 2.24) is 14.1 Å². The third-order valence-electron chi connectivity index (χ3n) is 5.33. The van der Waals surface area contributed by atoms with Crippen LogP contribution >= 0.6 is 11.3 Å². The van der Waals surface area contributed by atoms with Crippen molar-refractivity contribution in [3.8, 4) is 0 Å². The highest BCUT2D eigenvalue weighted by Crippen LogP contribution is 2.38. The predicted molar refractivity (Wildman–Crippen MR) is 129 cm³/mol. The summed E-state index contributed by atoms with van der Waals surface area (Å²) in [5, 5.41) is 3.20. The van der Waals surface area contributed by atoms with Crippen molar-refractivity contribution in [3.63, 3.8) is 0 Å². The van der Waals surface area contributed by atoms with Crippen LogP contribution in [0.25, 0.3) is 0 Å². The van der Waals surface area contributed by atoms with Crippen molar-refractivity contribution in [1.29, 1.82) is 0 Å². The van der Waals surface area contributed by atoms with Gasteiger partial charge in [-0.1, -0.05) is 0 Å². The Bertz CT molecular complexity index is 1200. The number of ether oxygens (including phenoxy) is 1. The smallest absolute Gasteiger partial charge is 0.410 e. The molecule has 0 radical (unpaired) electrons. The predicted octanol–water partition coefficient (Wildman–Crippen LogP) is 2.47. The largest absolute Gasteiger partial charge is 0.450 e. The Morgan fingerprint density at radius 3 is 2.32 bits per heavy atom. The molecular formula is C22H28N4O6S2. The molecule has 0 atom stereocenters. The zero-order valence-corrected chi connectivity index (χ0v) is 21.4. The van der Waals surface area contributed by atoms with E-state index in [0.717, 1.165) is 14.7 Å². The summed E-state index contributed by atoms with van der Waals surface area (Å²) in [5.74, 6) is -0.715. The molecule has 34 heavy (non-hydrogen) atoms. The SMILES string of the molecule is CCOC(=O)N1CCc2c(sc(NC(=O)c3ccc(S(=O)(=O)N(C)C)cc3)c2C(=O)N(C)C)C1. The zero-order valence-electron chi connectivity index (χ0n) is 19.7. The molecule has 2 aromatic rings. The van der Waals surface area contributed by atoms with Gasteiger partial charge in [-0.05, 0) is 43.2 Å². The van der Waals surface area contributed by atoms with Crippen molar-refractivity contribution >= 4 is 44.3 Å². The molecule has 0 aliphatic carbocycles. The third kappa shape index (κ3) is 5.08. The molecule has 1 aromatic carbocycles. The van der Waals surface area contributed by atoms with E-state index in [-0.39, 0.29) is 23.0 Å². The van der Waals surface area contributed by atoms with E-state index in [1.807, 2.05) is 0 Å². The molecule has 1 aliphatic heterocycles. The minimum Gasteiger partial charge on any atom is -0.450 e. The Morgan fingerprint density at radius 1 is 1.12 bits per heavy atom. The van der Waals surface area contributed by atoms with Gasteiger partial charge in [-0.25, -0.2) is 17.5 Å². The highest BCUT2D eigenvalue weighted by molar-refractivity contribution is 7.89. The highest BCUT2D eigenvalue weighted by atomic mass is 32.2. The van der Waals surface area contributed by atoms with Crippen LogP contribution in [0.15, 0.2) is 29.2 Å². The van der Waals surface area contributed by atoms with Gasteiger partial charge in [-0.2, -0.15) is 0 Å². The van der Waals surface area contributed by atoms with Gasteiger partial charge in [-0.15, -0.1) is 11.3 Å². The fraction of sp³-hybridized carbons (Fsp3) is 0.409. The second-order valence-corrected chi connectivity index (χ2v) is 11.3. The molecule has 0 unspecified atom stereocenters. The van der Waals surface area contributed by atoms with Crippen LogP contribution in [-0.2, 0) is 27.7 Å². The average Bonchev–Trinajstić information content (AvgIpc) is 3.15. The summed E-state index contributed by atoms with van der Waals surface area (Å²) in [5.41, 5.74) is 1.47. The molecule has 0 spiro atoms. The number of nitrogens with one attached hydrogen (secondary N) is 1. The van der Waals surface area contributed by atoms with Crippen LogP contribution in [0.3, 0.4) is 0 Å². The molecule has 1 aliphatic rings. The summed E-state index contributed by atoms with van der Waals surface area (Å²) in [7, 11) is 2.52. The third-order valence-corrected chi connectivity index (χ3v) is 8.29. The van der Waals surface area contributed by atoms with Crippen LogP contribution in [0, 0.1) is 0 Å². The summed E-state index contributed by atoms with van der Waals surface area (Å²) in [6.07, 6.45) is 0.0485. The van der Waals surface area contributed by atoms with Gasteiger partial charge in [0, 0.05) is 45.2 Å². The number of amides is 3. The van der Waals surface area contributed by atoms with Gasteiger partial charge >= 0.3 is 6.09 Å². The van der Waals surface area contributed by atoms with Crippen molar-refractivity contribution < 1.29 is 27.5 Å². The van der Waals surface area contributed by atoms with E-state index in [4.69, 9.17) is 4.74 Å². The molecule has 1 aromatic heterocycles. The first-order chi connectivity index (χ1) is 16.0. The second kappa shape index (κ2) is 10.1. The number of benzene rings is 1. The minimum atomic E-state index is -3.61. The number of rotatable bonds is 6. The molecule has 12 heteroatoms. The van der Waals surface area contributed by atoms with E-state index in [2.05, 4.69) is 5.32 Å². The summed E-state index contributed by atoms with van der Waals surface area (Å²) < 4.78 is 30.7. The maximum atomic E-state index is 13.0. The van der Waals surface area contributed by atoms with Crippen molar-refractivity contribution in [2.24, 2.45) is 0 Å². The number of anilines is 1. The molecule has 1 N–H and O–H groups in total. The standard InChI is InChI=1S/C22H28N4O6S2/c1-6-32-22(29)26-12-11-16-17(13-26)33-20(18(16)21(28)24(2)3)23-19(27)14-7-9-15(10-8-14)34(30,31)25(4)5/h7-10H,6,11-13H2,1-5H3,(H,23,27). The quantitative estimate of drug-likeness (QED) is 0.641. The van der Waals surface area contributed by atoms with E-state index in [0.29, 0.717) is 30.1 Å². The highest BCUT2D eigenvalue weighted by Gasteiger charge is 2.31. The Kier molecular flexibility index (Phi) is 7.64. The Hall–Kier alpha value is -2.96. The maximum Gasteiger partial charge on any atom is 0.410 e. The van der Waals surface area contributed by atoms with Gasteiger partial charge < -0.3 is 19.9 Å². The molecule has 184 valence electrons. The molecule has 2 heterocycles. The summed E-state index contributed by atoms with van der Waals surface area (Å²) in [6, 6.07) is 5.59. The van der Waals surface area contributed by atoms with E-state index < -0.39 is 22.0 Å². The number of carbonyl (C=O) groups is 3. The van der Waals surface area contributed by atoms with E-state index >= 15 is 0 Å². The number of carbonyl (C=O) groups excluding carboxylic acids is 3. The van der Waals surface area contributed by atoms with E-state index in [1.54, 1.807) is 25.9 Å². The number of hydrogen-bond donors (Lipinski definition) is 1. The number of thiophene rings is 1. The fourth-order valence-electron chi connectivity index (χ4n) is 3.48. The van der Waals surface area contributed by atoms with Gasteiger partial charge in [0.25, 0.3) is 11.8 Å². The molecule has 0 saturated carbocycles. The summed E-state index contributed by atoms with van der Waals surface area (Å²) >= 11 is 1.25. The minimum absolute atomic E-state index is 0.0724. The van der Waals surface area contributed by atoms with Gasteiger partial charge in [0.05, 0.1) is 23.6 Å². The van der Waals surface area contributed by atoms with Crippen molar-refractivity contribution in [2.45, 2.75) is 24.8 Å². The van der Waals surface area contributed by atoms with Crippen molar-refractivity contribution in [2.75, 3.05) is 46.7 Å². The van der Waals surface area contributed by atoms with Crippen LogP contribution in [0.1, 0.15) is 38.1 Å². The Morgan fingerprint density at radius 2 is 1.76 bits per heavy atom. The second-order valence-electron chi connectivity index (χ2n) is 8.04. The lowest BCUT2D eigenvalue weighted by atomic mass is 10.0. The lowest BCUT2D eigenvalue weighted by Crippen LogP contribution is -2.36. The lowest BCUT2D eigenvalue weighted by molar-refractivity contribution is 0.0827. The van der Waals surface area contributed by atoms with Gasteiger partial charge in [0.1, 0.15) is 5.00 Å². The van der Waals surface area contributed by atoms with Gasteiger partial charge in [-0.3, -0.25) is 9.59 Å². The van der Waals surface area contributed by atoms with Crippen LogP contribution in [0.2, 0.25) is 0 Å². The molecule has 3 amide bonds. The molecular weight excluding hydrogens is 480 g/mol. The Balaban J connectivity index is 1.90. The van der Waals surface area contributed by atoms with E-state index in [1.165, 1.54) is 54.6 Å². The topological polar surface area (TPSA) is 116 Å². The molecule has 0 fully saturated rings. The molecule has 3 rings (SSSR count). The van der Waals surface area contributed by atoms with Gasteiger partial charge in [0.2, 0.25) is 10.0 Å². The number of nitrogens with zero attached hydrogens (tertiary/aromatic N) is 3. The van der Waals surface area contributed by atoms with E-state index in [9.17, 15) is 22.8 Å². The maximum absolute atomic E-state index is 13.0. The number of fused-ring (bicyclic) bond motifs is 1. The molecule has 0 saturated heterocycles. The monoisotopic (exact) mass is 508 g/mol. The fourth-order valence-corrected chi connectivity index (χ4v) is 5.63. The molecule has 0 bridgehead atoms. The zero-order chi connectivity index (χ0) is 25.2. The van der Waals surface area contributed by atoms with Crippen LogP contribution in [0.5, 0.6) is 0 Å². The first-order valence-corrected chi connectivity index (χ1v) is 12.8. The van der Waals surface area contributed by atoms with Crippen LogP contribution < -0.4 is 5.32 Å². The summed E-state index contributed by atoms with van der Waals surface area (Å²) in [4.78, 5) is 42.0. The average molecular weight is 509 g/mol. The summed E-state index contributed by atoms with van der Waals surface area (Å²) in [6.45, 7) is 2.71. The number of hydrogen-bond acceptors (Lipinski definition) is 7. The number of sulfonamides is 1. The Labute approximate surface area is 203 Å². The van der Waals surface area contributed by atoms with Crippen LogP contribution in [0.4, 0.5) is 9.80 Å². The molecule has 10 nitrogen and oxygen atoms in total. The van der Waals surface area contributed by atoms with Crippen molar-refractivity contribution in [3.05, 3.63) is 45.8 Å².